The lowest BCUT2D eigenvalue weighted by Crippen LogP contribution is -2.10. The highest BCUT2D eigenvalue weighted by molar-refractivity contribution is 6.09. The van der Waals surface area contributed by atoms with Gasteiger partial charge in [0.1, 0.15) is 0 Å². The van der Waals surface area contributed by atoms with Crippen molar-refractivity contribution in [1.29, 1.82) is 0 Å². The fourth-order valence-corrected chi connectivity index (χ4v) is 7.15. The maximum absolute atomic E-state index is 2.37. The SMILES string of the molecule is c1ccc(-c2ccc(N(c3ccccc3)c3ccc(-c4ccc5ccccc5c4)cc3)cc2-c2ccc3ccc4ccccc4c3c2)cc1. The average molecular weight is 624 g/mol. The molecule has 0 spiro atoms. The second-order valence-corrected chi connectivity index (χ2v) is 12.6. The van der Waals surface area contributed by atoms with E-state index in [1.54, 1.807) is 0 Å². The molecule has 0 fully saturated rings. The lowest BCUT2D eigenvalue weighted by atomic mass is 9.91. The summed E-state index contributed by atoms with van der Waals surface area (Å²) in [5.74, 6) is 0. The van der Waals surface area contributed by atoms with E-state index in [0.717, 1.165) is 17.1 Å². The summed E-state index contributed by atoms with van der Waals surface area (Å²) in [5, 5.41) is 7.56. The van der Waals surface area contributed by atoms with Crippen molar-refractivity contribution in [3.63, 3.8) is 0 Å². The summed E-state index contributed by atoms with van der Waals surface area (Å²) < 4.78 is 0. The summed E-state index contributed by atoms with van der Waals surface area (Å²) in [6, 6.07) is 72.5. The van der Waals surface area contributed by atoms with E-state index in [0.29, 0.717) is 0 Å². The second kappa shape index (κ2) is 12.3. The average Bonchev–Trinajstić information content (AvgIpc) is 3.18. The summed E-state index contributed by atoms with van der Waals surface area (Å²) in [6.45, 7) is 0. The van der Waals surface area contributed by atoms with Gasteiger partial charge >= 0.3 is 0 Å². The minimum Gasteiger partial charge on any atom is -0.310 e. The van der Waals surface area contributed by atoms with Crippen molar-refractivity contribution in [1.82, 2.24) is 0 Å². The fraction of sp³-hybridized carbons (Fsp3) is 0. The summed E-state index contributed by atoms with van der Waals surface area (Å²) in [5.41, 5.74) is 10.6. The van der Waals surface area contributed by atoms with Crippen LogP contribution in [-0.4, -0.2) is 0 Å². The molecule has 0 N–H and O–H groups in total. The normalized spacial score (nSPS) is 11.3. The maximum Gasteiger partial charge on any atom is 0.0468 e. The maximum atomic E-state index is 2.37. The predicted molar refractivity (Wildman–Crippen MR) is 210 cm³/mol. The van der Waals surface area contributed by atoms with E-state index in [1.807, 2.05) is 0 Å². The fourth-order valence-electron chi connectivity index (χ4n) is 7.15. The van der Waals surface area contributed by atoms with Crippen molar-refractivity contribution >= 4 is 49.4 Å². The monoisotopic (exact) mass is 623 g/mol. The van der Waals surface area contributed by atoms with Crippen molar-refractivity contribution in [3.8, 4) is 33.4 Å². The number of rotatable bonds is 6. The van der Waals surface area contributed by atoms with Crippen LogP contribution in [0.15, 0.2) is 200 Å². The zero-order valence-electron chi connectivity index (χ0n) is 27.0. The number of para-hydroxylation sites is 1. The Balaban J connectivity index is 1.20. The Morgan fingerprint density at radius 1 is 0.245 bits per heavy atom. The first-order valence-corrected chi connectivity index (χ1v) is 16.8. The van der Waals surface area contributed by atoms with Crippen LogP contribution >= 0.6 is 0 Å². The zero-order valence-corrected chi connectivity index (χ0v) is 27.0. The van der Waals surface area contributed by atoms with Gasteiger partial charge in [0.2, 0.25) is 0 Å². The molecule has 0 radical (unpaired) electrons. The molecule has 49 heavy (non-hydrogen) atoms. The van der Waals surface area contributed by atoms with Crippen LogP contribution in [0.25, 0.3) is 65.7 Å². The first-order valence-electron chi connectivity index (χ1n) is 16.8. The molecule has 9 aromatic carbocycles. The minimum atomic E-state index is 1.11. The molecule has 0 unspecified atom stereocenters. The third kappa shape index (κ3) is 5.42. The van der Waals surface area contributed by atoms with Gasteiger partial charge in [-0.15, -0.1) is 0 Å². The highest BCUT2D eigenvalue weighted by atomic mass is 15.1. The standard InChI is InChI=1S/C48H33N/c1-3-12-36(13-4-1)46-30-29-44(33-48(46)41-24-22-38-21-20-37-14-9-10-18-45(37)47(38)32-41)49(42-16-5-2-6-17-42)43-27-25-35(26-28-43)40-23-19-34-11-7-8-15-39(34)31-40/h1-33H. The summed E-state index contributed by atoms with van der Waals surface area (Å²) in [6.07, 6.45) is 0. The van der Waals surface area contributed by atoms with E-state index in [1.165, 1.54) is 65.7 Å². The van der Waals surface area contributed by atoms with E-state index >= 15 is 0 Å². The highest BCUT2D eigenvalue weighted by Gasteiger charge is 2.17. The van der Waals surface area contributed by atoms with Gasteiger partial charge in [0, 0.05) is 17.1 Å². The molecule has 230 valence electrons. The quantitative estimate of drug-likeness (QED) is 0.167. The first-order chi connectivity index (χ1) is 24.3. The van der Waals surface area contributed by atoms with Gasteiger partial charge in [0.15, 0.2) is 0 Å². The smallest absolute Gasteiger partial charge is 0.0468 e. The Labute approximate surface area is 287 Å². The van der Waals surface area contributed by atoms with Gasteiger partial charge in [0.25, 0.3) is 0 Å². The molecule has 0 aliphatic carbocycles. The molecular weight excluding hydrogens is 591 g/mol. The molecule has 9 aromatic rings. The molecule has 0 saturated heterocycles. The summed E-state index contributed by atoms with van der Waals surface area (Å²) in [7, 11) is 0. The van der Waals surface area contributed by atoms with Crippen molar-refractivity contribution in [2.75, 3.05) is 4.90 Å². The van der Waals surface area contributed by atoms with E-state index in [9.17, 15) is 0 Å². The molecule has 1 heteroatoms. The molecule has 0 heterocycles. The van der Waals surface area contributed by atoms with Crippen LogP contribution in [0.4, 0.5) is 17.1 Å². The van der Waals surface area contributed by atoms with Crippen LogP contribution in [-0.2, 0) is 0 Å². The van der Waals surface area contributed by atoms with Gasteiger partial charge in [-0.25, -0.2) is 0 Å². The Morgan fingerprint density at radius 3 is 1.59 bits per heavy atom. The third-order valence-electron chi connectivity index (χ3n) is 9.63. The Bertz CT molecular complexity index is 2590. The number of nitrogens with zero attached hydrogens (tertiary/aromatic N) is 1. The summed E-state index contributed by atoms with van der Waals surface area (Å²) >= 11 is 0. The molecule has 1 nitrogen and oxygen atoms in total. The summed E-state index contributed by atoms with van der Waals surface area (Å²) in [4.78, 5) is 2.36. The number of anilines is 3. The molecule has 0 bridgehead atoms. The Morgan fingerprint density at radius 2 is 0.796 bits per heavy atom. The van der Waals surface area contributed by atoms with E-state index in [4.69, 9.17) is 0 Å². The predicted octanol–water partition coefficient (Wildman–Crippen LogP) is 13.6. The molecule has 9 rings (SSSR count). The topological polar surface area (TPSA) is 3.24 Å². The van der Waals surface area contributed by atoms with Gasteiger partial charge in [-0.05, 0) is 114 Å². The molecule has 0 amide bonds. The molecule has 0 aliphatic rings. The van der Waals surface area contributed by atoms with Crippen LogP contribution in [0, 0.1) is 0 Å². The Hall–Kier alpha value is -6.44. The number of fused-ring (bicyclic) bond motifs is 4. The van der Waals surface area contributed by atoms with Crippen molar-refractivity contribution in [2.24, 2.45) is 0 Å². The van der Waals surface area contributed by atoms with Crippen LogP contribution in [0.3, 0.4) is 0 Å². The van der Waals surface area contributed by atoms with Crippen molar-refractivity contribution < 1.29 is 0 Å². The van der Waals surface area contributed by atoms with Crippen LogP contribution in [0.1, 0.15) is 0 Å². The number of hydrogen-bond donors (Lipinski definition) is 0. The molecular formula is C48H33N. The third-order valence-corrected chi connectivity index (χ3v) is 9.63. The largest absolute Gasteiger partial charge is 0.310 e. The molecule has 0 saturated carbocycles. The first kappa shape index (κ1) is 28.8. The lowest BCUT2D eigenvalue weighted by molar-refractivity contribution is 1.28. The van der Waals surface area contributed by atoms with E-state index in [2.05, 4.69) is 205 Å². The van der Waals surface area contributed by atoms with Gasteiger partial charge in [-0.1, -0.05) is 152 Å². The molecule has 0 aromatic heterocycles. The van der Waals surface area contributed by atoms with Crippen molar-refractivity contribution in [2.45, 2.75) is 0 Å². The van der Waals surface area contributed by atoms with Gasteiger partial charge in [-0.2, -0.15) is 0 Å². The number of hydrogen-bond acceptors (Lipinski definition) is 1. The van der Waals surface area contributed by atoms with Crippen LogP contribution in [0.5, 0.6) is 0 Å². The van der Waals surface area contributed by atoms with E-state index in [-0.39, 0.29) is 0 Å². The molecule has 0 atom stereocenters. The number of benzene rings is 9. The Kier molecular flexibility index (Phi) is 7.22. The van der Waals surface area contributed by atoms with Gasteiger partial charge in [0.05, 0.1) is 0 Å². The second-order valence-electron chi connectivity index (χ2n) is 12.6. The van der Waals surface area contributed by atoms with Gasteiger partial charge < -0.3 is 4.90 Å². The highest BCUT2D eigenvalue weighted by Crippen LogP contribution is 2.42. The van der Waals surface area contributed by atoms with Crippen LogP contribution in [0.2, 0.25) is 0 Å². The zero-order chi connectivity index (χ0) is 32.6. The minimum absolute atomic E-state index is 1.11. The van der Waals surface area contributed by atoms with Gasteiger partial charge in [-0.3, -0.25) is 0 Å². The van der Waals surface area contributed by atoms with Crippen molar-refractivity contribution in [3.05, 3.63) is 200 Å². The van der Waals surface area contributed by atoms with Crippen LogP contribution < -0.4 is 4.90 Å². The van der Waals surface area contributed by atoms with E-state index < -0.39 is 0 Å². The lowest BCUT2D eigenvalue weighted by Gasteiger charge is -2.27. The molecule has 0 aliphatic heterocycles.